The summed E-state index contributed by atoms with van der Waals surface area (Å²) in [4.78, 5) is 54.0. The molecule has 1 aliphatic rings. The van der Waals surface area contributed by atoms with Crippen LogP contribution in [0, 0.1) is 6.92 Å². The second-order valence-corrected chi connectivity index (χ2v) is 13.8. The maximum Gasteiger partial charge on any atom is 0.481 e. The van der Waals surface area contributed by atoms with Crippen LogP contribution in [-0.4, -0.2) is 58.9 Å². The number of aromatic nitrogens is 2. The van der Waals surface area contributed by atoms with Gasteiger partial charge >= 0.3 is 21.3 Å². The van der Waals surface area contributed by atoms with Crippen LogP contribution in [0.1, 0.15) is 115 Å². The Hall–Kier alpha value is -1.18. The van der Waals surface area contributed by atoms with Gasteiger partial charge in [-0.15, -0.1) is 0 Å². The van der Waals surface area contributed by atoms with Crippen molar-refractivity contribution in [3.05, 3.63) is 32.6 Å². The molecule has 0 aromatic carbocycles. The Labute approximate surface area is 246 Å². The monoisotopic (exact) mass is 642 g/mol. The van der Waals surface area contributed by atoms with Crippen molar-refractivity contribution in [3.8, 4) is 0 Å². The number of aryl methyl sites for hydroxylation is 1. The molecule has 1 saturated heterocycles. The van der Waals surface area contributed by atoms with E-state index >= 15 is 0 Å². The molecule has 1 aromatic rings. The highest BCUT2D eigenvalue weighted by atomic mass is 31.3. The molecular formula is C26H48N2O12P2. The lowest BCUT2D eigenvalue weighted by molar-refractivity contribution is -0.119. The molecule has 0 radical (unpaired) electrons. The number of nitrogens with zero attached hydrogens (tertiary/aromatic N) is 1. The van der Waals surface area contributed by atoms with E-state index in [1.165, 1.54) is 58.1 Å². The normalized spacial score (nSPS) is 22.2. The number of unbranched alkanes of at least 4 members (excludes halogenated alkanes) is 12. The molecule has 3 unspecified atom stereocenters. The Morgan fingerprint density at radius 1 is 0.976 bits per heavy atom. The number of aliphatic hydroxyl groups is 2. The summed E-state index contributed by atoms with van der Waals surface area (Å²) in [6.07, 6.45) is 8.25. The van der Waals surface area contributed by atoms with E-state index in [1.54, 1.807) is 0 Å². The Kier molecular flexibility index (Phi) is 15.8. The third kappa shape index (κ3) is 13.2. The lowest BCUT2D eigenvalue weighted by Gasteiger charge is -2.30. The summed E-state index contributed by atoms with van der Waals surface area (Å²) in [7, 11) is -10.7. The summed E-state index contributed by atoms with van der Waals surface area (Å²) in [5.41, 5.74) is -1.15. The van der Waals surface area contributed by atoms with Crippen LogP contribution < -0.4 is 11.2 Å². The van der Waals surface area contributed by atoms with E-state index in [4.69, 9.17) is 19.0 Å². The average molecular weight is 643 g/mol. The second-order valence-electron chi connectivity index (χ2n) is 11.0. The summed E-state index contributed by atoms with van der Waals surface area (Å²) in [5, 5.41) is 21.6. The van der Waals surface area contributed by atoms with Crippen molar-refractivity contribution in [1.82, 2.24) is 9.55 Å². The van der Waals surface area contributed by atoms with Crippen molar-refractivity contribution >= 4 is 15.6 Å². The van der Waals surface area contributed by atoms with Crippen LogP contribution in [0.4, 0.5) is 0 Å². The fourth-order valence-electron chi connectivity index (χ4n) is 5.14. The molecule has 0 spiro atoms. The highest BCUT2D eigenvalue weighted by molar-refractivity contribution is 7.60. The first-order valence-corrected chi connectivity index (χ1v) is 17.9. The first-order valence-electron chi connectivity index (χ1n) is 14.9. The van der Waals surface area contributed by atoms with Gasteiger partial charge in [-0.25, -0.2) is 13.9 Å². The minimum Gasteiger partial charge on any atom is -0.390 e. The van der Waals surface area contributed by atoms with Crippen LogP contribution in [0.2, 0.25) is 0 Å². The van der Waals surface area contributed by atoms with E-state index in [0.29, 0.717) is 12.8 Å². The van der Waals surface area contributed by atoms with Crippen LogP contribution in [0.15, 0.2) is 15.8 Å². The molecule has 1 aliphatic heterocycles. The largest absolute Gasteiger partial charge is 0.481 e. The van der Waals surface area contributed by atoms with E-state index in [1.807, 2.05) is 0 Å². The van der Waals surface area contributed by atoms with Crippen molar-refractivity contribution < 1.29 is 47.6 Å². The maximum absolute atomic E-state index is 12.3. The molecule has 2 rings (SSSR count). The van der Waals surface area contributed by atoms with Crippen LogP contribution in [0.3, 0.4) is 0 Å². The molecule has 0 amide bonds. The standard InChI is InChI=1S/C26H48N2O12P2/c1-3-4-5-6-7-8-9-10-11-12-13-14-15-16-21(39-42(36,37)40-41(33,34)35)23(30)24-20(29)17-22(38-24)28-18-19(2)25(31)27-26(28)32/h18,20-24,29-30H,3-17H2,1-2H3,(H,36,37)(H,27,31,32)(H2,33,34,35)/t20-,21?,22+,23?,24-/m0/s1. The highest BCUT2D eigenvalue weighted by Crippen LogP contribution is 2.58. The Morgan fingerprint density at radius 2 is 1.50 bits per heavy atom. The zero-order valence-corrected chi connectivity index (χ0v) is 26.3. The predicted octanol–water partition coefficient (Wildman–Crippen LogP) is 3.93. The molecule has 6 atom stereocenters. The van der Waals surface area contributed by atoms with Crippen molar-refractivity contribution in [2.24, 2.45) is 0 Å². The minimum atomic E-state index is -5.40. The third-order valence-electron chi connectivity index (χ3n) is 7.38. The lowest BCUT2D eigenvalue weighted by atomic mass is 9.98. The molecule has 1 fully saturated rings. The van der Waals surface area contributed by atoms with E-state index in [2.05, 4.69) is 16.2 Å². The summed E-state index contributed by atoms with van der Waals surface area (Å²) in [6, 6.07) is 0. The average Bonchev–Trinajstić information content (AvgIpc) is 3.27. The summed E-state index contributed by atoms with van der Waals surface area (Å²) in [5.74, 6) is 0. The number of phosphoric ester groups is 1. The van der Waals surface area contributed by atoms with E-state index < -0.39 is 57.5 Å². The van der Waals surface area contributed by atoms with Gasteiger partial charge in [-0.2, -0.15) is 4.31 Å². The molecule has 42 heavy (non-hydrogen) atoms. The third-order valence-corrected chi connectivity index (χ3v) is 9.59. The van der Waals surface area contributed by atoms with E-state index in [9.17, 15) is 33.8 Å². The number of aliphatic hydroxyl groups excluding tert-OH is 2. The zero-order valence-electron chi connectivity index (χ0n) is 24.5. The van der Waals surface area contributed by atoms with Gasteiger partial charge in [0.15, 0.2) is 0 Å². The molecule has 16 heteroatoms. The molecule has 244 valence electrons. The number of nitrogens with one attached hydrogen (secondary N) is 1. The molecule has 6 N–H and O–H groups in total. The quantitative estimate of drug-likeness (QED) is 0.0830. The van der Waals surface area contributed by atoms with E-state index in [0.717, 1.165) is 30.3 Å². The number of aromatic amines is 1. The van der Waals surface area contributed by atoms with Crippen LogP contribution in [-0.2, 0) is 22.7 Å². The molecule has 0 bridgehead atoms. The van der Waals surface area contributed by atoms with Gasteiger partial charge in [-0.1, -0.05) is 90.4 Å². The highest BCUT2D eigenvalue weighted by Gasteiger charge is 2.45. The molecule has 1 aromatic heterocycles. The topological polar surface area (TPSA) is 218 Å². The molecule has 0 saturated carbocycles. The lowest BCUT2D eigenvalue weighted by Crippen LogP contribution is -2.43. The number of hydrogen-bond donors (Lipinski definition) is 6. The van der Waals surface area contributed by atoms with Gasteiger partial charge in [0, 0.05) is 18.2 Å². The van der Waals surface area contributed by atoms with Gasteiger partial charge in [0.1, 0.15) is 18.4 Å². The van der Waals surface area contributed by atoms with Crippen molar-refractivity contribution in [2.45, 2.75) is 141 Å². The minimum absolute atomic E-state index is 0.00293. The first-order chi connectivity index (χ1) is 19.7. The molecular weight excluding hydrogens is 594 g/mol. The summed E-state index contributed by atoms with van der Waals surface area (Å²) in [6.45, 7) is 3.68. The SMILES string of the molecule is CCCCCCCCCCCCCCCC(OP(=O)(O)OP(=O)(O)O)C(O)[C@H]1O[C@@H](n2cc(C)c(=O)[nH]c2=O)C[C@@H]1O. The van der Waals surface area contributed by atoms with Crippen molar-refractivity contribution in [3.63, 3.8) is 0 Å². The van der Waals surface area contributed by atoms with Crippen molar-refractivity contribution in [2.75, 3.05) is 0 Å². The van der Waals surface area contributed by atoms with Gasteiger partial charge in [-0.05, 0) is 13.3 Å². The van der Waals surface area contributed by atoms with Gasteiger partial charge in [0.2, 0.25) is 0 Å². The number of H-pyrrole nitrogens is 1. The Bertz CT molecular complexity index is 1150. The van der Waals surface area contributed by atoms with Crippen LogP contribution in [0.25, 0.3) is 0 Å². The maximum atomic E-state index is 12.3. The number of rotatable bonds is 21. The van der Waals surface area contributed by atoms with E-state index in [-0.39, 0.29) is 18.4 Å². The van der Waals surface area contributed by atoms with Gasteiger partial charge in [0.25, 0.3) is 5.56 Å². The number of ether oxygens (including phenoxy) is 1. The Balaban J connectivity index is 1.93. The number of hydrogen-bond acceptors (Lipinski definition) is 9. The van der Waals surface area contributed by atoms with Crippen LogP contribution >= 0.6 is 15.6 Å². The van der Waals surface area contributed by atoms with Gasteiger partial charge < -0.3 is 29.6 Å². The second kappa shape index (κ2) is 17.9. The molecule has 14 nitrogen and oxygen atoms in total. The van der Waals surface area contributed by atoms with Gasteiger partial charge in [0.05, 0.1) is 12.2 Å². The summed E-state index contributed by atoms with van der Waals surface area (Å²) >= 11 is 0. The number of phosphoric acid groups is 2. The zero-order chi connectivity index (χ0) is 31.3. The fourth-order valence-corrected chi connectivity index (χ4v) is 6.94. The summed E-state index contributed by atoms with van der Waals surface area (Å²) < 4.78 is 39.1. The Morgan fingerprint density at radius 3 is 2.02 bits per heavy atom. The molecule has 2 heterocycles. The predicted molar refractivity (Wildman–Crippen MR) is 155 cm³/mol. The van der Waals surface area contributed by atoms with Gasteiger partial charge in [-0.3, -0.25) is 18.9 Å². The smallest absolute Gasteiger partial charge is 0.390 e. The fraction of sp³-hybridized carbons (Fsp3) is 0.846. The molecule has 0 aliphatic carbocycles. The first kappa shape index (κ1) is 37.0. The van der Waals surface area contributed by atoms with Crippen LogP contribution in [0.5, 0.6) is 0 Å². The van der Waals surface area contributed by atoms with Crippen molar-refractivity contribution in [1.29, 1.82) is 0 Å².